The second-order valence-corrected chi connectivity index (χ2v) is 4.24. The van der Waals surface area contributed by atoms with Crippen molar-refractivity contribution in [1.29, 1.82) is 0 Å². The van der Waals surface area contributed by atoms with Crippen molar-refractivity contribution in [3.63, 3.8) is 0 Å². The largest absolute Gasteiger partial charge is 0.478 e. The van der Waals surface area contributed by atoms with Crippen molar-refractivity contribution in [2.45, 2.75) is 0 Å². The van der Waals surface area contributed by atoms with Gasteiger partial charge in [-0.15, -0.1) is 0 Å². The Morgan fingerprint density at radius 1 is 0.650 bits per heavy atom. The van der Waals surface area contributed by atoms with Gasteiger partial charge in [0.2, 0.25) is 0 Å². The zero-order chi connectivity index (χ0) is 14.7. The predicted octanol–water partition coefficient (Wildman–Crippen LogP) is 3.14. The molecule has 0 amide bonds. The number of rotatable bonds is 4. The molecule has 0 spiro atoms. The minimum atomic E-state index is -0.979. The topological polar surface area (TPSA) is 74.6 Å². The second kappa shape index (κ2) is 5.40. The van der Waals surface area contributed by atoms with Crippen LogP contribution in [-0.4, -0.2) is 22.2 Å². The van der Waals surface area contributed by atoms with E-state index in [1.54, 1.807) is 24.3 Å². The lowest BCUT2D eigenvalue weighted by Gasteiger charge is -2.07. The number of hydrogen-bond acceptors (Lipinski definition) is 2. The van der Waals surface area contributed by atoms with Crippen LogP contribution in [0.15, 0.2) is 55.1 Å². The first-order chi connectivity index (χ1) is 9.49. The highest BCUT2D eigenvalue weighted by atomic mass is 16.4. The maximum atomic E-state index is 10.8. The van der Waals surface area contributed by atoms with Crippen LogP contribution in [-0.2, 0) is 0 Å². The predicted molar refractivity (Wildman–Crippen MR) is 74.9 cm³/mol. The molecule has 4 nitrogen and oxygen atoms in total. The normalized spacial score (nSPS) is 10.0. The van der Waals surface area contributed by atoms with E-state index in [4.69, 9.17) is 10.2 Å². The third kappa shape index (κ3) is 2.75. The Morgan fingerprint density at radius 3 is 1.15 bits per heavy atom. The van der Waals surface area contributed by atoms with Crippen molar-refractivity contribution in [3.05, 3.63) is 77.4 Å². The number of benzene rings is 2. The van der Waals surface area contributed by atoms with Gasteiger partial charge in [0.25, 0.3) is 0 Å². The first kappa shape index (κ1) is 13.5. The Morgan fingerprint density at radius 2 is 0.900 bits per heavy atom. The first-order valence-corrected chi connectivity index (χ1v) is 5.85. The Kier molecular flexibility index (Phi) is 3.66. The third-order valence-electron chi connectivity index (χ3n) is 2.96. The van der Waals surface area contributed by atoms with Crippen molar-refractivity contribution in [2.75, 3.05) is 0 Å². The molecule has 0 aliphatic rings. The van der Waals surface area contributed by atoms with Gasteiger partial charge in [0.15, 0.2) is 0 Å². The average molecular weight is 268 g/mol. The smallest absolute Gasteiger partial charge is 0.335 e. The summed E-state index contributed by atoms with van der Waals surface area (Å²) < 4.78 is 0. The van der Waals surface area contributed by atoms with Gasteiger partial charge in [-0.3, -0.25) is 0 Å². The van der Waals surface area contributed by atoms with E-state index in [2.05, 4.69) is 6.58 Å². The molecule has 0 unspecified atom stereocenters. The summed E-state index contributed by atoms with van der Waals surface area (Å²) in [5, 5.41) is 17.7. The van der Waals surface area contributed by atoms with E-state index in [-0.39, 0.29) is 11.1 Å². The quantitative estimate of drug-likeness (QED) is 0.893. The number of carboxylic acid groups (broad SMARTS) is 2. The Bertz CT molecular complexity index is 607. The monoisotopic (exact) mass is 268 g/mol. The van der Waals surface area contributed by atoms with Gasteiger partial charge >= 0.3 is 11.9 Å². The van der Waals surface area contributed by atoms with E-state index in [9.17, 15) is 9.59 Å². The van der Waals surface area contributed by atoms with Crippen molar-refractivity contribution in [1.82, 2.24) is 0 Å². The molecule has 0 aliphatic carbocycles. The fourth-order valence-corrected chi connectivity index (χ4v) is 1.79. The molecular weight excluding hydrogens is 256 g/mol. The van der Waals surface area contributed by atoms with Crippen molar-refractivity contribution >= 4 is 17.5 Å². The molecule has 0 aliphatic heterocycles. The van der Waals surface area contributed by atoms with E-state index in [1.165, 1.54) is 24.3 Å². The van der Waals surface area contributed by atoms with Gasteiger partial charge < -0.3 is 10.2 Å². The highest BCUT2D eigenvalue weighted by Crippen LogP contribution is 2.22. The van der Waals surface area contributed by atoms with Crippen LogP contribution in [0.1, 0.15) is 31.8 Å². The van der Waals surface area contributed by atoms with E-state index in [0.29, 0.717) is 5.57 Å². The van der Waals surface area contributed by atoms with Crippen LogP contribution in [0.3, 0.4) is 0 Å². The van der Waals surface area contributed by atoms with Gasteiger partial charge in [0.1, 0.15) is 0 Å². The summed E-state index contributed by atoms with van der Waals surface area (Å²) in [6.45, 7) is 3.95. The van der Waals surface area contributed by atoms with Crippen LogP contribution in [0.4, 0.5) is 0 Å². The van der Waals surface area contributed by atoms with E-state index < -0.39 is 11.9 Å². The molecule has 0 radical (unpaired) electrons. The molecule has 2 aromatic rings. The maximum absolute atomic E-state index is 10.8. The molecule has 2 N–H and O–H groups in total. The zero-order valence-corrected chi connectivity index (χ0v) is 10.5. The fraction of sp³-hybridized carbons (Fsp3) is 0. The highest BCUT2D eigenvalue weighted by molar-refractivity contribution is 5.90. The minimum absolute atomic E-state index is 0.211. The first-order valence-electron chi connectivity index (χ1n) is 5.85. The van der Waals surface area contributed by atoms with Gasteiger partial charge in [0, 0.05) is 0 Å². The number of hydrogen-bond donors (Lipinski definition) is 2. The molecule has 2 rings (SSSR count). The van der Waals surface area contributed by atoms with Gasteiger partial charge in [-0.05, 0) is 41.0 Å². The van der Waals surface area contributed by atoms with Gasteiger partial charge in [-0.2, -0.15) is 0 Å². The third-order valence-corrected chi connectivity index (χ3v) is 2.96. The van der Waals surface area contributed by atoms with Crippen LogP contribution in [0.2, 0.25) is 0 Å². The lowest BCUT2D eigenvalue weighted by Crippen LogP contribution is -1.97. The van der Waals surface area contributed by atoms with Crippen molar-refractivity contribution in [3.8, 4) is 0 Å². The zero-order valence-electron chi connectivity index (χ0n) is 10.5. The lowest BCUT2D eigenvalue weighted by atomic mass is 9.98. The molecule has 4 heteroatoms. The minimum Gasteiger partial charge on any atom is -0.478 e. The molecule has 0 fully saturated rings. The molecule has 100 valence electrons. The summed E-state index contributed by atoms with van der Waals surface area (Å²) in [6.07, 6.45) is 0. The summed E-state index contributed by atoms with van der Waals surface area (Å²) in [4.78, 5) is 21.6. The number of carboxylic acids is 2. The van der Waals surface area contributed by atoms with E-state index in [0.717, 1.165) is 11.1 Å². The molecule has 0 heterocycles. The lowest BCUT2D eigenvalue weighted by molar-refractivity contribution is 0.0686. The molecule has 20 heavy (non-hydrogen) atoms. The highest BCUT2D eigenvalue weighted by Gasteiger charge is 2.07. The van der Waals surface area contributed by atoms with Crippen LogP contribution in [0, 0.1) is 0 Å². The average Bonchev–Trinajstić information content (AvgIpc) is 2.46. The molecule has 0 saturated carbocycles. The second-order valence-electron chi connectivity index (χ2n) is 4.24. The van der Waals surface area contributed by atoms with Gasteiger partial charge in [-0.25, -0.2) is 9.59 Å². The van der Waals surface area contributed by atoms with Crippen LogP contribution in [0.25, 0.3) is 5.57 Å². The molecule has 0 bridgehead atoms. The molecule has 0 aromatic heterocycles. The Balaban J connectivity index is 2.26. The molecule has 0 atom stereocenters. The van der Waals surface area contributed by atoms with E-state index in [1.807, 2.05) is 0 Å². The molecule has 0 saturated heterocycles. The van der Waals surface area contributed by atoms with E-state index >= 15 is 0 Å². The number of carbonyl (C=O) groups is 2. The van der Waals surface area contributed by atoms with Crippen LogP contribution < -0.4 is 0 Å². The van der Waals surface area contributed by atoms with Crippen LogP contribution in [0.5, 0.6) is 0 Å². The fourth-order valence-electron chi connectivity index (χ4n) is 1.79. The number of aromatic carboxylic acids is 2. The van der Waals surface area contributed by atoms with Crippen molar-refractivity contribution < 1.29 is 19.8 Å². The van der Waals surface area contributed by atoms with Gasteiger partial charge in [-0.1, -0.05) is 30.8 Å². The summed E-state index contributed by atoms with van der Waals surface area (Å²) in [7, 11) is 0. The van der Waals surface area contributed by atoms with Crippen molar-refractivity contribution in [2.24, 2.45) is 0 Å². The maximum Gasteiger partial charge on any atom is 0.335 e. The Labute approximate surface area is 115 Å². The van der Waals surface area contributed by atoms with Gasteiger partial charge in [0.05, 0.1) is 11.1 Å². The SMILES string of the molecule is C=C(c1ccc(C(=O)O)cc1)c1ccc(C(=O)O)cc1. The summed E-state index contributed by atoms with van der Waals surface area (Å²) in [5.74, 6) is -1.96. The standard InChI is InChI=1S/C16H12O4/c1-10(11-2-6-13(7-3-11)15(17)18)12-4-8-14(9-5-12)16(19)20/h2-9H,1H2,(H,17,18)(H,19,20). The summed E-state index contributed by atoms with van der Waals surface area (Å²) >= 11 is 0. The molecular formula is C16H12O4. The summed E-state index contributed by atoms with van der Waals surface area (Å²) in [6, 6.07) is 12.7. The van der Waals surface area contributed by atoms with Crippen LogP contribution >= 0.6 is 0 Å². The summed E-state index contributed by atoms with van der Waals surface area (Å²) in [5.41, 5.74) is 2.71. The Hall–Kier alpha value is -2.88. The molecule has 2 aromatic carbocycles.